The molecular formula is C32H30N4O10. The normalized spacial score (nSPS) is 10.4. The number of carbonyl (C=O) groups is 4. The Hall–Kier alpha value is -6.18. The van der Waals surface area contributed by atoms with Crippen LogP contribution in [0.25, 0.3) is 0 Å². The zero-order chi connectivity index (χ0) is 33.1. The molecule has 0 saturated carbocycles. The van der Waals surface area contributed by atoms with E-state index in [-0.39, 0.29) is 48.8 Å². The Balaban J connectivity index is 1.46. The number of amides is 2. The molecule has 2 N–H and O–H groups in total. The Kier molecular flexibility index (Phi) is 11.0. The fourth-order valence-corrected chi connectivity index (χ4v) is 4.12. The minimum atomic E-state index is -0.900. The van der Waals surface area contributed by atoms with E-state index in [4.69, 9.17) is 9.68 Å². The van der Waals surface area contributed by atoms with Gasteiger partial charge in [0.2, 0.25) is 0 Å². The highest BCUT2D eigenvalue weighted by molar-refractivity contribution is 5.95. The molecule has 0 bridgehead atoms. The van der Waals surface area contributed by atoms with Gasteiger partial charge >= 0.3 is 11.9 Å². The standard InChI is InChI=1S/C32H30N4O10/c1-43-31(41)23-13-15-25(35(29(23)39)45-19-21-9-5-3-6-10-21)27(37)33-17-18-34-28(38)26-16-14-24(32(42)44-2)30(40)36(26)46-20-22-11-7-4-8-12-22/h3-16H,17-20H2,1-2H3,(H,33,37)(H,34,38). The van der Waals surface area contributed by atoms with E-state index in [0.29, 0.717) is 20.6 Å². The molecule has 4 aromatic rings. The van der Waals surface area contributed by atoms with E-state index in [1.54, 1.807) is 60.7 Å². The molecule has 46 heavy (non-hydrogen) atoms. The molecule has 2 aromatic heterocycles. The molecule has 0 atom stereocenters. The lowest BCUT2D eigenvalue weighted by atomic mass is 10.2. The number of esters is 2. The number of ether oxygens (including phenoxy) is 2. The van der Waals surface area contributed by atoms with Crippen LogP contribution in [0.2, 0.25) is 0 Å². The largest absolute Gasteiger partial charge is 0.465 e. The van der Waals surface area contributed by atoms with Crippen LogP contribution < -0.4 is 31.4 Å². The zero-order valence-electron chi connectivity index (χ0n) is 24.9. The van der Waals surface area contributed by atoms with Gasteiger partial charge in [0.1, 0.15) is 35.7 Å². The van der Waals surface area contributed by atoms with E-state index in [1.807, 2.05) is 0 Å². The molecule has 2 amide bonds. The molecule has 14 heteroatoms. The van der Waals surface area contributed by atoms with Crippen LogP contribution in [0.15, 0.2) is 94.5 Å². The molecule has 2 heterocycles. The summed E-state index contributed by atoms with van der Waals surface area (Å²) >= 11 is 0. The summed E-state index contributed by atoms with van der Waals surface area (Å²) in [5.41, 5.74) is -1.46. The lowest BCUT2D eigenvalue weighted by Crippen LogP contribution is -2.41. The van der Waals surface area contributed by atoms with Crippen molar-refractivity contribution in [2.45, 2.75) is 13.2 Å². The molecule has 0 fully saturated rings. The maximum atomic E-state index is 13.1. The van der Waals surface area contributed by atoms with Crippen molar-refractivity contribution in [2.24, 2.45) is 0 Å². The average Bonchev–Trinajstić information content (AvgIpc) is 3.08. The van der Waals surface area contributed by atoms with E-state index >= 15 is 0 Å². The summed E-state index contributed by atoms with van der Waals surface area (Å²) in [7, 11) is 2.24. The van der Waals surface area contributed by atoms with Gasteiger partial charge in [-0.3, -0.25) is 19.2 Å². The van der Waals surface area contributed by atoms with Crippen molar-refractivity contribution in [3.8, 4) is 0 Å². The highest BCUT2D eigenvalue weighted by atomic mass is 16.7. The van der Waals surface area contributed by atoms with Crippen LogP contribution >= 0.6 is 0 Å². The number of hydrogen-bond donors (Lipinski definition) is 2. The Bertz CT molecular complexity index is 1700. The van der Waals surface area contributed by atoms with E-state index in [9.17, 15) is 28.8 Å². The summed E-state index contributed by atoms with van der Waals surface area (Å²) in [6.07, 6.45) is 0. The Morgan fingerprint density at radius 3 is 1.28 bits per heavy atom. The van der Waals surface area contributed by atoms with E-state index in [2.05, 4.69) is 20.1 Å². The van der Waals surface area contributed by atoms with Gasteiger partial charge in [-0.1, -0.05) is 60.7 Å². The zero-order valence-corrected chi connectivity index (χ0v) is 24.9. The van der Waals surface area contributed by atoms with Gasteiger partial charge in [0, 0.05) is 13.1 Å². The number of rotatable bonds is 13. The van der Waals surface area contributed by atoms with Crippen molar-refractivity contribution in [3.63, 3.8) is 0 Å². The predicted octanol–water partition coefficient (Wildman–Crippen LogP) is 1.00. The molecule has 0 aliphatic rings. The van der Waals surface area contributed by atoms with E-state index in [0.717, 1.165) is 26.4 Å². The van der Waals surface area contributed by atoms with Crippen LogP contribution in [0, 0.1) is 0 Å². The monoisotopic (exact) mass is 630 g/mol. The molecule has 14 nitrogen and oxygen atoms in total. The maximum absolute atomic E-state index is 13.1. The summed E-state index contributed by atoms with van der Waals surface area (Å²) in [5, 5.41) is 5.14. The van der Waals surface area contributed by atoms with Crippen LogP contribution in [0.3, 0.4) is 0 Å². The summed E-state index contributed by atoms with van der Waals surface area (Å²) < 4.78 is 10.7. The van der Waals surface area contributed by atoms with Gasteiger partial charge in [-0.15, -0.1) is 9.46 Å². The third kappa shape index (κ3) is 7.85. The number of hydrogen-bond acceptors (Lipinski definition) is 10. The summed E-state index contributed by atoms with van der Waals surface area (Å²) in [5.74, 6) is -3.27. The molecule has 0 unspecified atom stereocenters. The number of carbonyl (C=O) groups excluding carboxylic acids is 4. The molecule has 0 aliphatic heterocycles. The first kappa shape index (κ1) is 32.7. The van der Waals surface area contributed by atoms with Crippen LogP contribution in [0.1, 0.15) is 52.8 Å². The molecule has 2 aromatic carbocycles. The topological polar surface area (TPSA) is 173 Å². The van der Waals surface area contributed by atoms with Gasteiger partial charge in [0.05, 0.1) is 14.2 Å². The SMILES string of the molecule is COC(=O)c1ccc(C(=O)NCCNC(=O)c2ccc(C(=O)OC)c(=O)n2OCc2ccccc2)n(OCc2ccccc2)c1=O. The predicted molar refractivity (Wildman–Crippen MR) is 162 cm³/mol. The minimum absolute atomic E-state index is 0.0788. The Morgan fingerprint density at radius 2 is 0.935 bits per heavy atom. The minimum Gasteiger partial charge on any atom is -0.465 e. The summed E-state index contributed by atoms with van der Waals surface area (Å²) in [6.45, 7) is -0.369. The van der Waals surface area contributed by atoms with Gasteiger partial charge < -0.3 is 29.8 Å². The second-order valence-electron chi connectivity index (χ2n) is 9.48. The Morgan fingerprint density at radius 1 is 0.565 bits per heavy atom. The number of benzene rings is 2. The molecular weight excluding hydrogens is 600 g/mol. The smallest absolute Gasteiger partial charge is 0.343 e. The first-order valence-electron chi connectivity index (χ1n) is 13.8. The van der Waals surface area contributed by atoms with E-state index in [1.165, 1.54) is 12.1 Å². The van der Waals surface area contributed by atoms with Crippen molar-refractivity contribution in [3.05, 3.63) is 139 Å². The Labute approximate surface area is 262 Å². The van der Waals surface area contributed by atoms with Crippen molar-refractivity contribution in [1.82, 2.24) is 20.1 Å². The van der Waals surface area contributed by atoms with Crippen molar-refractivity contribution in [2.75, 3.05) is 27.3 Å². The third-order valence-corrected chi connectivity index (χ3v) is 6.46. The molecule has 0 radical (unpaired) electrons. The fraction of sp³-hybridized carbons (Fsp3) is 0.188. The summed E-state index contributed by atoms with van der Waals surface area (Å²) in [4.78, 5) is 87.5. The van der Waals surface area contributed by atoms with Crippen LogP contribution in [-0.2, 0) is 22.7 Å². The highest BCUT2D eigenvalue weighted by Gasteiger charge is 2.22. The van der Waals surface area contributed by atoms with Gasteiger partial charge in [-0.25, -0.2) is 9.59 Å². The number of methoxy groups -OCH3 is 2. The molecule has 0 saturated heterocycles. The van der Waals surface area contributed by atoms with Crippen LogP contribution in [0.4, 0.5) is 0 Å². The van der Waals surface area contributed by atoms with Crippen molar-refractivity contribution >= 4 is 23.8 Å². The van der Waals surface area contributed by atoms with Gasteiger partial charge in [0.25, 0.3) is 22.9 Å². The second-order valence-corrected chi connectivity index (χ2v) is 9.48. The van der Waals surface area contributed by atoms with Gasteiger partial charge in [-0.05, 0) is 35.4 Å². The quantitative estimate of drug-likeness (QED) is 0.160. The average molecular weight is 631 g/mol. The number of aromatic nitrogens is 2. The number of nitrogens with zero attached hydrogens (tertiary/aromatic N) is 2. The van der Waals surface area contributed by atoms with Crippen molar-refractivity contribution < 1.29 is 38.3 Å². The first-order valence-corrected chi connectivity index (χ1v) is 13.8. The second kappa shape index (κ2) is 15.5. The maximum Gasteiger partial charge on any atom is 0.343 e. The highest BCUT2D eigenvalue weighted by Crippen LogP contribution is 2.06. The van der Waals surface area contributed by atoms with Gasteiger partial charge in [-0.2, -0.15) is 0 Å². The van der Waals surface area contributed by atoms with Crippen molar-refractivity contribution in [1.29, 1.82) is 0 Å². The van der Waals surface area contributed by atoms with E-state index < -0.39 is 34.9 Å². The molecule has 0 spiro atoms. The fourth-order valence-electron chi connectivity index (χ4n) is 4.12. The third-order valence-electron chi connectivity index (χ3n) is 6.46. The summed E-state index contributed by atoms with van der Waals surface area (Å²) in [6, 6.07) is 22.5. The molecule has 238 valence electrons. The number of nitrogens with one attached hydrogen (secondary N) is 2. The number of pyridine rings is 2. The van der Waals surface area contributed by atoms with Crippen LogP contribution in [0.5, 0.6) is 0 Å². The first-order chi connectivity index (χ1) is 22.2. The van der Waals surface area contributed by atoms with Gasteiger partial charge in [0.15, 0.2) is 0 Å². The molecule has 0 aliphatic carbocycles. The lowest BCUT2D eigenvalue weighted by molar-refractivity contribution is 0.0558. The lowest BCUT2D eigenvalue weighted by Gasteiger charge is -2.16. The molecule has 4 rings (SSSR count). The van der Waals surface area contributed by atoms with Crippen LogP contribution in [-0.4, -0.2) is 60.5 Å².